The van der Waals surface area contributed by atoms with E-state index < -0.39 is 19.5 Å². The minimum atomic E-state index is -0.566. The van der Waals surface area contributed by atoms with Crippen LogP contribution in [0.3, 0.4) is 0 Å². The summed E-state index contributed by atoms with van der Waals surface area (Å²) >= 11 is 0. The molecule has 0 spiro atoms. The van der Waals surface area contributed by atoms with Gasteiger partial charge in [-0.15, -0.1) is 0 Å². The number of nitrogens with one attached hydrogen (secondary N) is 1. The molecular formula is C6H16NO3P3. The zero-order valence-corrected chi connectivity index (χ0v) is 9.89. The second-order valence-corrected chi connectivity index (χ2v) is 8.21. The van der Waals surface area contributed by atoms with Gasteiger partial charge in [0.05, 0.1) is 7.11 Å². The molecule has 1 N–H and O–H groups in total. The van der Waals surface area contributed by atoms with E-state index in [2.05, 4.69) is 27.7 Å². The molecule has 0 saturated carbocycles. The van der Waals surface area contributed by atoms with Crippen molar-refractivity contribution in [3.63, 3.8) is 0 Å². The third-order valence-electron chi connectivity index (χ3n) is 1.12. The predicted octanol–water partition coefficient (Wildman–Crippen LogP) is 1.32. The first kappa shape index (κ1) is 15.8. The number of esters is 1. The Bertz CT molecular complexity index is 165. The van der Waals surface area contributed by atoms with E-state index in [0.29, 0.717) is 6.29 Å². The zero-order chi connectivity index (χ0) is 9.56. The molecule has 78 valence electrons. The SMILES string of the molecule is C.COC(=O)[C@H](CC=O)NP(P)P. The van der Waals surface area contributed by atoms with E-state index in [9.17, 15) is 9.59 Å². The van der Waals surface area contributed by atoms with Crippen LogP contribution >= 0.6 is 25.3 Å². The van der Waals surface area contributed by atoms with Crippen LogP contribution in [0.1, 0.15) is 13.8 Å². The number of aldehydes is 1. The molecule has 13 heavy (non-hydrogen) atoms. The van der Waals surface area contributed by atoms with E-state index in [0.717, 1.165) is 0 Å². The number of methoxy groups -OCH3 is 1. The minimum Gasteiger partial charge on any atom is -0.468 e. The summed E-state index contributed by atoms with van der Waals surface area (Å²) in [5, 5.41) is 2.92. The number of hydrogen-bond donors (Lipinski definition) is 1. The predicted molar refractivity (Wildman–Crippen MR) is 62.7 cm³/mol. The van der Waals surface area contributed by atoms with Crippen LogP contribution < -0.4 is 5.09 Å². The fourth-order valence-electron chi connectivity index (χ4n) is 0.620. The van der Waals surface area contributed by atoms with E-state index in [4.69, 9.17) is 0 Å². The van der Waals surface area contributed by atoms with Crippen LogP contribution in [0.4, 0.5) is 0 Å². The molecule has 0 rings (SSSR count). The number of carbonyl (C=O) groups excluding carboxylic acids is 2. The molecule has 0 saturated heterocycles. The second-order valence-electron chi connectivity index (χ2n) is 2.01. The van der Waals surface area contributed by atoms with Crippen LogP contribution in [0, 0.1) is 0 Å². The van der Waals surface area contributed by atoms with Crippen molar-refractivity contribution in [1.82, 2.24) is 5.09 Å². The van der Waals surface area contributed by atoms with Crippen LogP contribution in [-0.2, 0) is 14.3 Å². The highest BCUT2D eigenvalue weighted by Gasteiger charge is 2.18. The van der Waals surface area contributed by atoms with Crippen molar-refractivity contribution in [2.24, 2.45) is 0 Å². The largest absolute Gasteiger partial charge is 0.468 e. The van der Waals surface area contributed by atoms with Crippen LogP contribution in [0.15, 0.2) is 0 Å². The molecule has 0 radical (unpaired) electrons. The maximum absolute atomic E-state index is 11.0. The van der Waals surface area contributed by atoms with Crippen LogP contribution in [-0.4, -0.2) is 25.4 Å². The molecule has 4 nitrogen and oxygen atoms in total. The lowest BCUT2D eigenvalue weighted by Crippen LogP contribution is -2.33. The minimum absolute atomic E-state index is 0. The molecule has 7 heteroatoms. The standard InChI is InChI=1S/C5H12NO3P3.CH4/c1-9-5(8)4(2-3-7)6-12(10)11;/h3-4,6H,2,10-11H2,1H3;1H4/t4-;/m0./s1. The lowest BCUT2D eigenvalue weighted by molar-refractivity contribution is -0.143. The van der Waals surface area contributed by atoms with Gasteiger partial charge in [-0.2, -0.15) is 0 Å². The average Bonchev–Trinajstić information content (AvgIpc) is 2.01. The van der Waals surface area contributed by atoms with Gasteiger partial charge in [0.1, 0.15) is 12.3 Å². The molecule has 0 amide bonds. The highest BCUT2D eigenvalue weighted by atomic mass is 32.4. The molecule has 0 heterocycles. The Labute approximate surface area is 84.6 Å². The van der Waals surface area contributed by atoms with E-state index in [1.807, 2.05) is 0 Å². The fourth-order valence-corrected chi connectivity index (χ4v) is 2.27. The molecule has 0 aromatic rings. The van der Waals surface area contributed by atoms with Gasteiger partial charge in [0.15, 0.2) is 0 Å². The number of carbonyl (C=O) groups is 2. The summed E-state index contributed by atoms with van der Waals surface area (Å²) in [6, 6.07) is -0.520. The Hall–Kier alpha value is 0.390. The van der Waals surface area contributed by atoms with E-state index in [1.165, 1.54) is 7.11 Å². The smallest absolute Gasteiger partial charge is 0.323 e. The van der Waals surface area contributed by atoms with Gasteiger partial charge in [-0.25, -0.2) is 0 Å². The molecule has 0 aliphatic rings. The van der Waals surface area contributed by atoms with Crippen molar-refractivity contribution in [3.8, 4) is 0 Å². The quantitative estimate of drug-likeness (QED) is 0.449. The molecule has 3 atom stereocenters. The average molecular weight is 243 g/mol. The van der Waals surface area contributed by atoms with Gasteiger partial charge < -0.3 is 9.53 Å². The van der Waals surface area contributed by atoms with E-state index in [-0.39, 0.29) is 13.8 Å². The molecule has 0 aromatic heterocycles. The van der Waals surface area contributed by atoms with Crippen molar-refractivity contribution in [3.05, 3.63) is 0 Å². The second kappa shape index (κ2) is 8.97. The number of hydrogen-bond acceptors (Lipinski definition) is 4. The van der Waals surface area contributed by atoms with Crippen molar-refractivity contribution < 1.29 is 14.3 Å². The van der Waals surface area contributed by atoms with Gasteiger partial charge in [-0.05, 0) is 7.45 Å². The van der Waals surface area contributed by atoms with Gasteiger partial charge in [-0.1, -0.05) is 25.3 Å². The first-order valence-corrected chi connectivity index (χ1v) is 7.76. The summed E-state index contributed by atoms with van der Waals surface area (Å²) in [5.41, 5.74) is 0. The summed E-state index contributed by atoms with van der Waals surface area (Å²) in [6.07, 6.45) is 0.844. The van der Waals surface area contributed by atoms with Crippen molar-refractivity contribution in [1.29, 1.82) is 0 Å². The molecular weight excluding hydrogens is 227 g/mol. The van der Waals surface area contributed by atoms with E-state index in [1.54, 1.807) is 0 Å². The fraction of sp³-hybridized carbons (Fsp3) is 0.667. The third kappa shape index (κ3) is 7.46. The van der Waals surface area contributed by atoms with Crippen LogP contribution in [0.2, 0.25) is 0 Å². The van der Waals surface area contributed by atoms with Crippen molar-refractivity contribution in [2.45, 2.75) is 19.9 Å². The first-order valence-electron chi connectivity index (χ1n) is 3.19. The monoisotopic (exact) mass is 243 g/mol. The molecule has 0 aliphatic heterocycles. The number of ether oxygens (including phenoxy) is 1. The van der Waals surface area contributed by atoms with Gasteiger partial charge in [-0.3, -0.25) is 9.88 Å². The van der Waals surface area contributed by atoms with Crippen LogP contribution in [0.5, 0.6) is 0 Å². The molecule has 0 aliphatic carbocycles. The molecule has 0 fully saturated rings. The normalized spacial score (nSPS) is 11.7. The van der Waals surface area contributed by atoms with Gasteiger partial charge in [0, 0.05) is 6.42 Å². The third-order valence-corrected chi connectivity index (χ3v) is 2.63. The topological polar surface area (TPSA) is 55.4 Å². The first-order chi connectivity index (χ1) is 5.61. The summed E-state index contributed by atoms with van der Waals surface area (Å²) in [7, 11) is 5.76. The summed E-state index contributed by atoms with van der Waals surface area (Å²) in [6.45, 7) is 0. The Morgan fingerprint density at radius 1 is 1.69 bits per heavy atom. The zero-order valence-electron chi connectivity index (χ0n) is 6.69. The summed E-state index contributed by atoms with van der Waals surface area (Å²) < 4.78 is 4.50. The van der Waals surface area contributed by atoms with Crippen molar-refractivity contribution >= 4 is 37.6 Å². The summed E-state index contributed by atoms with van der Waals surface area (Å²) in [4.78, 5) is 21.1. The highest BCUT2D eigenvalue weighted by Crippen LogP contribution is 2.48. The van der Waals surface area contributed by atoms with Crippen LogP contribution in [0.25, 0.3) is 0 Å². The highest BCUT2D eigenvalue weighted by molar-refractivity contribution is 8.42. The van der Waals surface area contributed by atoms with E-state index >= 15 is 0 Å². The maximum atomic E-state index is 11.0. The Balaban J connectivity index is 0. The Morgan fingerprint density at radius 3 is 2.54 bits per heavy atom. The van der Waals surface area contributed by atoms with Crippen molar-refractivity contribution in [2.75, 3.05) is 7.11 Å². The van der Waals surface area contributed by atoms with Gasteiger partial charge >= 0.3 is 5.97 Å². The van der Waals surface area contributed by atoms with Gasteiger partial charge in [0.2, 0.25) is 0 Å². The summed E-state index contributed by atoms with van der Waals surface area (Å²) in [5.74, 6) is -0.403. The molecule has 0 bridgehead atoms. The van der Waals surface area contributed by atoms with Gasteiger partial charge in [0.25, 0.3) is 0 Å². The Kier molecular flexibility index (Phi) is 10.9. The number of rotatable bonds is 5. The maximum Gasteiger partial charge on any atom is 0.323 e. The Morgan fingerprint density at radius 2 is 2.23 bits per heavy atom. The molecule has 2 unspecified atom stereocenters. The lowest BCUT2D eigenvalue weighted by Gasteiger charge is -2.15. The molecule has 0 aromatic carbocycles. The lowest BCUT2D eigenvalue weighted by atomic mass is 10.2.